The molecule has 11 heteroatoms. The van der Waals surface area contributed by atoms with Gasteiger partial charge in [0, 0.05) is 6.29 Å². The van der Waals surface area contributed by atoms with Crippen LogP contribution in [-0.2, 0) is 13.8 Å². The van der Waals surface area contributed by atoms with E-state index < -0.39 is 45.1 Å². The minimum Gasteiger partial charge on any atom is -0.829 e. The van der Waals surface area contributed by atoms with E-state index in [0.717, 1.165) is 0 Å². The number of hydrogen-bond acceptors (Lipinski definition) is 7. The molecule has 0 aromatic carbocycles. The van der Waals surface area contributed by atoms with Crippen LogP contribution in [0.25, 0.3) is 0 Å². The van der Waals surface area contributed by atoms with Crippen LogP contribution in [0.1, 0.15) is 0 Å². The van der Waals surface area contributed by atoms with Gasteiger partial charge in [0.25, 0.3) is 0 Å². The predicted molar refractivity (Wildman–Crippen MR) is 44.7 cm³/mol. The van der Waals surface area contributed by atoms with Crippen molar-refractivity contribution in [3.63, 3.8) is 0 Å². The van der Waals surface area contributed by atoms with Gasteiger partial charge in [-0.05, 0) is 0 Å². The Morgan fingerprint density at radius 2 is 1.71 bits per heavy atom. The minimum absolute atomic E-state index is 0. The summed E-state index contributed by atoms with van der Waals surface area (Å²) in [6, 6.07) is 0. The Morgan fingerprint density at radius 3 is 2.18 bits per heavy atom. The fraction of sp³-hybridized carbons (Fsp3) is 1.00. The zero-order chi connectivity index (χ0) is 12.5. The van der Waals surface area contributed by atoms with Crippen molar-refractivity contribution >= 4 is 7.82 Å². The third-order valence-electron chi connectivity index (χ3n) is 2.08. The van der Waals surface area contributed by atoms with E-state index in [1.807, 2.05) is 0 Å². The van der Waals surface area contributed by atoms with Gasteiger partial charge in [-0.2, -0.15) is 0 Å². The molecule has 1 fully saturated rings. The van der Waals surface area contributed by atoms with Gasteiger partial charge in [-0.1, -0.05) is 0 Å². The Morgan fingerprint density at radius 1 is 1.18 bits per heavy atom. The first-order valence-corrected chi connectivity index (χ1v) is 5.81. The molecule has 0 spiro atoms. The largest absolute Gasteiger partial charge is 1.00 e. The summed E-state index contributed by atoms with van der Waals surface area (Å²) in [5.41, 5.74) is 0. The third-order valence-corrected chi connectivity index (χ3v) is 2.56. The Bertz CT molecular complexity index is 283. The maximum Gasteiger partial charge on any atom is 1.00 e. The molecule has 1 rings (SSSR count). The summed E-state index contributed by atoms with van der Waals surface area (Å²) in [6.45, 7) is -0.770. The van der Waals surface area contributed by atoms with E-state index in [1.165, 1.54) is 0 Å². The van der Waals surface area contributed by atoms with Crippen LogP contribution in [-0.4, -0.2) is 62.4 Å². The molecule has 5 N–H and O–H groups in total. The minimum atomic E-state index is -4.75. The zero-order valence-electron chi connectivity index (χ0n) is 8.91. The molecule has 0 aromatic heterocycles. The molecular formula is C6H12NaO9P. The molecule has 0 radical (unpaired) electrons. The molecule has 0 bridgehead atoms. The first-order valence-electron chi connectivity index (χ1n) is 4.28. The fourth-order valence-electron chi connectivity index (χ4n) is 1.22. The predicted octanol–water partition coefficient (Wildman–Crippen LogP) is -6.73. The molecule has 1 heterocycles. The molecule has 0 amide bonds. The second kappa shape index (κ2) is 6.90. The standard InChI is InChI=1S/C6H12O9P.Na/c7-3-2(1-14-16(11,12)13)15-6(10)5(9)4(3)8;/h2-9H,1H2,(H2,11,12,13);/q-1;+1/t2-,3-,4+,5-,6-;/m1./s1. The first-order chi connectivity index (χ1) is 7.22. The van der Waals surface area contributed by atoms with Crippen LogP contribution >= 0.6 is 7.82 Å². The van der Waals surface area contributed by atoms with Gasteiger partial charge in [-0.25, -0.2) is 4.57 Å². The number of phosphoric ester groups is 1. The number of aliphatic hydroxyl groups excluding tert-OH is 3. The molecule has 1 saturated heterocycles. The van der Waals surface area contributed by atoms with Crippen molar-refractivity contribution in [1.82, 2.24) is 0 Å². The van der Waals surface area contributed by atoms with Crippen LogP contribution in [0.5, 0.6) is 0 Å². The van der Waals surface area contributed by atoms with Crippen LogP contribution in [0.2, 0.25) is 0 Å². The maximum atomic E-state index is 11.0. The Kier molecular flexibility index (Phi) is 7.27. The molecule has 5 atom stereocenters. The van der Waals surface area contributed by atoms with Gasteiger partial charge < -0.3 is 34.9 Å². The summed E-state index contributed by atoms with van der Waals surface area (Å²) in [5, 5.41) is 38.5. The smallest absolute Gasteiger partial charge is 0.829 e. The number of hydrogen-bond donors (Lipinski definition) is 5. The van der Waals surface area contributed by atoms with E-state index in [9.17, 15) is 19.9 Å². The number of phosphoric acid groups is 1. The van der Waals surface area contributed by atoms with Crippen molar-refractivity contribution < 1.29 is 73.6 Å². The van der Waals surface area contributed by atoms with E-state index in [1.54, 1.807) is 0 Å². The maximum absolute atomic E-state index is 11.0. The Hall–Kier alpha value is 0.910. The summed E-state index contributed by atoms with van der Waals surface area (Å²) in [4.78, 5) is 16.8. The van der Waals surface area contributed by atoms with Crippen molar-refractivity contribution in [1.29, 1.82) is 0 Å². The molecule has 0 saturated carbocycles. The molecule has 1 aliphatic rings. The molecule has 0 aliphatic carbocycles. The van der Waals surface area contributed by atoms with Crippen molar-refractivity contribution in [2.24, 2.45) is 0 Å². The SMILES string of the molecule is O=P(O)(O)OC[C@H]1O[C@@H]([O-])[C@H](O)[C@@H](O)[C@@H]1O.[Na+]. The van der Waals surface area contributed by atoms with Gasteiger partial charge in [-0.3, -0.25) is 4.52 Å². The van der Waals surface area contributed by atoms with Crippen LogP contribution < -0.4 is 34.7 Å². The van der Waals surface area contributed by atoms with E-state index >= 15 is 0 Å². The van der Waals surface area contributed by atoms with Crippen LogP contribution in [0.4, 0.5) is 0 Å². The van der Waals surface area contributed by atoms with Crippen molar-refractivity contribution in [3.05, 3.63) is 0 Å². The molecule has 1 aliphatic heterocycles. The van der Waals surface area contributed by atoms with E-state index in [-0.39, 0.29) is 29.6 Å². The van der Waals surface area contributed by atoms with E-state index in [4.69, 9.17) is 14.9 Å². The normalized spacial score (nSPS) is 38.6. The molecule has 9 nitrogen and oxygen atoms in total. The Labute approximate surface area is 119 Å². The van der Waals surface area contributed by atoms with Crippen LogP contribution in [0.15, 0.2) is 0 Å². The van der Waals surface area contributed by atoms with Gasteiger partial charge in [0.2, 0.25) is 0 Å². The van der Waals surface area contributed by atoms with E-state index in [2.05, 4.69) is 9.26 Å². The van der Waals surface area contributed by atoms with Crippen LogP contribution in [0.3, 0.4) is 0 Å². The average Bonchev–Trinajstić information content (AvgIpc) is 2.17. The summed E-state index contributed by atoms with van der Waals surface area (Å²) >= 11 is 0. The quantitative estimate of drug-likeness (QED) is 0.250. The summed E-state index contributed by atoms with van der Waals surface area (Å²) < 4.78 is 18.9. The van der Waals surface area contributed by atoms with Gasteiger partial charge >= 0.3 is 37.4 Å². The van der Waals surface area contributed by atoms with Crippen molar-refractivity contribution in [3.8, 4) is 0 Å². The average molecular weight is 282 g/mol. The summed E-state index contributed by atoms with van der Waals surface area (Å²) in [5.74, 6) is 0. The molecule has 17 heavy (non-hydrogen) atoms. The van der Waals surface area contributed by atoms with E-state index in [0.29, 0.717) is 0 Å². The van der Waals surface area contributed by atoms with Gasteiger partial charge in [0.05, 0.1) is 12.7 Å². The molecular weight excluding hydrogens is 270 g/mol. The van der Waals surface area contributed by atoms with Crippen molar-refractivity contribution in [2.75, 3.05) is 6.61 Å². The van der Waals surface area contributed by atoms with Crippen LogP contribution in [0, 0.1) is 0 Å². The summed E-state index contributed by atoms with van der Waals surface area (Å²) in [6.07, 6.45) is -8.63. The van der Waals surface area contributed by atoms with Gasteiger partial charge in [-0.15, -0.1) is 0 Å². The van der Waals surface area contributed by atoms with Gasteiger partial charge in [0.1, 0.15) is 18.3 Å². The number of ether oxygens (including phenoxy) is 1. The Balaban J connectivity index is 0.00000256. The molecule has 0 aromatic rings. The number of aliphatic hydroxyl groups is 3. The fourth-order valence-corrected chi connectivity index (χ4v) is 1.57. The monoisotopic (exact) mass is 282 g/mol. The zero-order valence-corrected chi connectivity index (χ0v) is 11.8. The topological polar surface area (TPSA) is 160 Å². The molecule has 96 valence electrons. The second-order valence-corrected chi connectivity index (χ2v) is 4.54. The second-order valence-electron chi connectivity index (χ2n) is 3.30. The van der Waals surface area contributed by atoms with Gasteiger partial charge in [0.15, 0.2) is 0 Å². The number of rotatable bonds is 3. The first kappa shape index (κ1) is 17.9. The van der Waals surface area contributed by atoms with Crippen molar-refractivity contribution in [2.45, 2.75) is 30.7 Å². The third kappa shape index (κ3) is 5.19. The molecule has 0 unspecified atom stereocenters. The summed E-state index contributed by atoms with van der Waals surface area (Å²) in [7, 11) is -4.75.